The minimum atomic E-state index is -3.43. The number of hydrogen-bond acceptors (Lipinski definition) is 4. The second kappa shape index (κ2) is 11.1. The summed E-state index contributed by atoms with van der Waals surface area (Å²) >= 11 is 0. The second-order valence-electron chi connectivity index (χ2n) is 12.3. The monoisotopic (exact) mass is 631 g/mol. The van der Waals surface area contributed by atoms with Crippen LogP contribution in [0.25, 0.3) is 0 Å². The Morgan fingerprint density at radius 3 is 1.38 bits per heavy atom. The molecular weight excluding hydrogens is 599 g/mol. The third kappa shape index (κ3) is 4.36. The molecule has 3 aliphatic rings. The summed E-state index contributed by atoms with van der Waals surface area (Å²) in [6.45, 7) is 0. The van der Waals surface area contributed by atoms with Gasteiger partial charge in [-0.05, 0) is 30.0 Å². The van der Waals surface area contributed by atoms with E-state index in [-0.39, 0.29) is 29.7 Å². The molecule has 0 amide bonds. The summed E-state index contributed by atoms with van der Waals surface area (Å²) in [5.74, 6) is -0.741. The van der Waals surface area contributed by atoms with E-state index in [1.165, 1.54) is 12.1 Å². The summed E-state index contributed by atoms with van der Waals surface area (Å²) in [5.41, 5.74) is 0.655. The molecule has 2 fully saturated rings. The van der Waals surface area contributed by atoms with Crippen LogP contribution in [0.2, 0.25) is 0 Å². The third-order valence-electron chi connectivity index (χ3n) is 10.1. The van der Waals surface area contributed by atoms with Crippen LogP contribution in [0.4, 0.5) is 4.39 Å². The highest BCUT2D eigenvalue weighted by Crippen LogP contribution is 2.73. The lowest BCUT2D eigenvalue weighted by molar-refractivity contribution is 0.0293. The number of fused-ring (bicyclic) bond motifs is 5. The van der Waals surface area contributed by atoms with Crippen molar-refractivity contribution in [1.82, 2.24) is 0 Å². The van der Waals surface area contributed by atoms with Crippen LogP contribution in [0.5, 0.6) is 0 Å². The minimum Gasteiger partial charge on any atom is -0.391 e. The van der Waals surface area contributed by atoms with Gasteiger partial charge >= 0.3 is 0 Å². The molecule has 2 bridgehead atoms. The van der Waals surface area contributed by atoms with Gasteiger partial charge in [-0.1, -0.05) is 139 Å². The molecule has 5 aromatic carbocycles. The molecule has 0 spiro atoms. The van der Waals surface area contributed by atoms with Crippen molar-refractivity contribution in [1.29, 1.82) is 0 Å². The van der Waals surface area contributed by atoms with Crippen LogP contribution in [0.3, 0.4) is 0 Å². The number of halogens is 1. The Bertz CT molecular complexity index is 1870. The standard InChI is InChI=1S/C38H32FNO3P2/c39-27-23-21-26(22-24-27)35-34-32-25-33(36(34)43-40-35)38(45(42,30-17-9-3-10-18-30)31-19-11-4-12-20-31)37(32)44(41,28-13-5-1-6-14-28)29-15-7-2-8-16-29/h1-24,32-34,36-38H,25H2/t32-,33+,34-,36+,37-,38-/m0/s1. The number of oxime groups is 1. The second-order valence-corrected chi connectivity index (χ2v) is 18.2. The van der Waals surface area contributed by atoms with E-state index in [1.807, 2.05) is 121 Å². The molecule has 6 atom stereocenters. The first-order chi connectivity index (χ1) is 22.0. The zero-order chi connectivity index (χ0) is 30.6. The van der Waals surface area contributed by atoms with Gasteiger partial charge in [0.2, 0.25) is 0 Å². The summed E-state index contributed by atoms with van der Waals surface area (Å²) in [5, 5.41) is 7.66. The number of hydrogen-bond donors (Lipinski definition) is 0. The molecule has 0 unspecified atom stereocenters. The van der Waals surface area contributed by atoms with Gasteiger partial charge in [-0.25, -0.2) is 4.39 Å². The van der Waals surface area contributed by atoms with Gasteiger partial charge in [0.1, 0.15) is 26.2 Å². The summed E-state index contributed by atoms with van der Waals surface area (Å²) in [6.07, 6.45) is 0.412. The van der Waals surface area contributed by atoms with Crippen molar-refractivity contribution in [3.63, 3.8) is 0 Å². The molecule has 7 heteroatoms. The lowest BCUT2D eigenvalue weighted by Gasteiger charge is -2.44. The van der Waals surface area contributed by atoms with Crippen molar-refractivity contribution in [3.8, 4) is 0 Å². The fourth-order valence-corrected chi connectivity index (χ4v) is 16.9. The molecule has 0 N–H and O–H groups in total. The van der Waals surface area contributed by atoms with Crippen molar-refractivity contribution in [2.45, 2.75) is 23.8 Å². The molecule has 2 aliphatic carbocycles. The molecule has 224 valence electrons. The van der Waals surface area contributed by atoms with E-state index >= 15 is 9.13 Å². The quantitative estimate of drug-likeness (QED) is 0.183. The smallest absolute Gasteiger partial charge is 0.147 e. The Kier molecular flexibility index (Phi) is 7.01. The number of rotatable bonds is 7. The van der Waals surface area contributed by atoms with E-state index in [2.05, 4.69) is 5.16 Å². The third-order valence-corrected chi connectivity index (χ3v) is 17.7. The first-order valence-corrected chi connectivity index (χ1v) is 19.0. The normalized spacial score (nSPS) is 25.4. The van der Waals surface area contributed by atoms with E-state index in [9.17, 15) is 4.39 Å². The highest BCUT2D eigenvalue weighted by molar-refractivity contribution is 7.83. The van der Waals surface area contributed by atoms with Gasteiger partial charge in [0, 0.05) is 44.4 Å². The number of nitrogens with zero attached hydrogens (tertiary/aromatic N) is 1. The lowest BCUT2D eigenvalue weighted by atomic mass is 9.80. The Balaban J connectivity index is 1.38. The van der Waals surface area contributed by atoms with Gasteiger partial charge in [-0.2, -0.15) is 0 Å². The predicted octanol–water partition coefficient (Wildman–Crippen LogP) is 6.96. The zero-order valence-corrected chi connectivity index (χ0v) is 26.3. The average molecular weight is 632 g/mol. The Labute approximate surface area is 262 Å². The Morgan fingerprint density at radius 2 is 0.956 bits per heavy atom. The van der Waals surface area contributed by atoms with Crippen molar-refractivity contribution in [2.24, 2.45) is 22.9 Å². The van der Waals surface area contributed by atoms with E-state index in [4.69, 9.17) is 4.84 Å². The predicted molar refractivity (Wildman–Crippen MR) is 180 cm³/mol. The maximum atomic E-state index is 16.4. The zero-order valence-electron chi connectivity index (χ0n) is 24.5. The summed E-state index contributed by atoms with van der Waals surface area (Å²) in [4.78, 5) is 6.26. The molecule has 45 heavy (non-hydrogen) atoms. The summed E-state index contributed by atoms with van der Waals surface area (Å²) < 4.78 is 46.6. The van der Waals surface area contributed by atoms with Gasteiger partial charge in [0.25, 0.3) is 0 Å². The van der Waals surface area contributed by atoms with Crippen LogP contribution in [0, 0.1) is 23.6 Å². The average Bonchev–Trinajstić information content (AvgIpc) is 3.82. The van der Waals surface area contributed by atoms with E-state index in [1.54, 1.807) is 12.1 Å². The topological polar surface area (TPSA) is 55.7 Å². The van der Waals surface area contributed by atoms with Crippen LogP contribution in [-0.4, -0.2) is 23.1 Å². The van der Waals surface area contributed by atoms with Gasteiger partial charge in [0.05, 0.1) is 5.71 Å². The van der Waals surface area contributed by atoms with Gasteiger partial charge in [-0.3, -0.25) is 0 Å². The maximum absolute atomic E-state index is 16.4. The molecule has 5 aromatic rings. The first-order valence-electron chi connectivity index (χ1n) is 15.4. The molecule has 4 nitrogen and oxygen atoms in total. The van der Waals surface area contributed by atoms with Crippen LogP contribution in [-0.2, 0) is 14.0 Å². The molecular formula is C38H32FNO3P2. The van der Waals surface area contributed by atoms with E-state index in [0.717, 1.165) is 38.9 Å². The molecule has 1 aliphatic heterocycles. The molecule has 2 saturated carbocycles. The molecule has 0 saturated heterocycles. The molecule has 1 heterocycles. The van der Waals surface area contributed by atoms with Crippen LogP contribution in [0.1, 0.15) is 12.0 Å². The summed E-state index contributed by atoms with van der Waals surface area (Å²) in [7, 11) is -6.83. The minimum absolute atomic E-state index is 0.122. The van der Waals surface area contributed by atoms with Crippen molar-refractivity contribution < 1.29 is 18.4 Å². The SMILES string of the molecule is O=P(c1ccccc1)(c1ccccc1)[C@H]1[C@@H]2C[C@@H]([C@H]3C(c4ccc(F)cc4)=NO[C@H]23)[C@@H]1P(=O)(c1ccccc1)c1ccccc1. The van der Waals surface area contributed by atoms with Gasteiger partial charge in [-0.15, -0.1) is 0 Å². The van der Waals surface area contributed by atoms with Gasteiger partial charge in [0.15, 0.2) is 0 Å². The van der Waals surface area contributed by atoms with E-state index < -0.39 is 25.6 Å². The fraction of sp³-hybridized carbons (Fsp3) is 0.184. The van der Waals surface area contributed by atoms with Crippen molar-refractivity contribution in [2.75, 3.05) is 0 Å². The maximum Gasteiger partial charge on any atom is 0.147 e. The molecule has 0 aromatic heterocycles. The highest BCUT2D eigenvalue weighted by Gasteiger charge is 2.70. The molecule has 8 rings (SSSR count). The largest absolute Gasteiger partial charge is 0.391 e. The molecule has 0 radical (unpaired) electrons. The van der Waals surface area contributed by atoms with Crippen molar-refractivity contribution in [3.05, 3.63) is 157 Å². The van der Waals surface area contributed by atoms with E-state index in [0.29, 0.717) is 0 Å². The summed E-state index contributed by atoms with van der Waals surface area (Å²) in [6, 6.07) is 45.3. The number of benzene rings is 5. The first kappa shape index (κ1) is 28.4. The lowest BCUT2D eigenvalue weighted by Crippen LogP contribution is -2.50. The van der Waals surface area contributed by atoms with Crippen LogP contribution in [0.15, 0.2) is 151 Å². The Hall–Kier alpha value is -4.04. The van der Waals surface area contributed by atoms with Gasteiger partial charge < -0.3 is 14.0 Å². The fourth-order valence-electron chi connectivity index (χ4n) is 8.40. The van der Waals surface area contributed by atoms with Crippen LogP contribution < -0.4 is 21.2 Å². The van der Waals surface area contributed by atoms with Crippen LogP contribution >= 0.6 is 14.3 Å². The highest BCUT2D eigenvalue weighted by atomic mass is 31.2. The van der Waals surface area contributed by atoms with Crippen molar-refractivity contribution >= 4 is 41.2 Å². The Morgan fingerprint density at radius 1 is 0.556 bits per heavy atom.